The van der Waals surface area contributed by atoms with E-state index < -0.39 is 0 Å². The second-order valence-corrected chi connectivity index (χ2v) is 2.69. The van der Waals surface area contributed by atoms with Gasteiger partial charge >= 0.3 is 0 Å². The number of hydrogen-bond acceptors (Lipinski definition) is 3. The minimum absolute atomic E-state index is 0.0569. The number of ether oxygens (including phenoxy) is 1. The number of nitrogens with two attached hydrogens (primary N) is 1. The first-order chi connectivity index (χ1) is 6.27. The molecule has 0 unspecified atom stereocenters. The topological polar surface area (TPSA) is 52.3 Å². The van der Waals surface area contributed by atoms with Crippen molar-refractivity contribution in [3.8, 4) is 5.75 Å². The molecule has 0 bridgehead atoms. The minimum atomic E-state index is 0.0569. The average molecular weight is 179 g/mol. The van der Waals surface area contributed by atoms with Crippen LogP contribution in [0.3, 0.4) is 0 Å². The maximum atomic E-state index is 11.4. The Morgan fingerprint density at radius 1 is 1.54 bits per heavy atom. The van der Waals surface area contributed by atoms with Gasteiger partial charge in [-0.3, -0.25) is 4.79 Å². The molecule has 0 saturated heterocycles. The van der Waals surface area contributed by atoms with Crippen LogP contribution in [0.5, 0.6) is 5.75 Å². The van der Waals surface area contributed by atoms with Crippen molar-refractivity contribution in [3.63, 3.8) is 0 Å². The maximum absolute atomic E-state index is 11.4. The van der Waals surface area contributed by atoms with E-state index in [1.807, 2.05) is 0 Å². The van der Waals surface area contributed by atoms with E-state index in [0.29, 0.717) is 24.3 Å². The van der Waals surface area contributed by atoms with E-state index in [4.69, 9.17) is 10.5 Å². The molecular formula is C10H13NO2. The summed E-state index contributed by atoms with van der Waals surface area (Å²) in [6.07, 6.45) is 0.382. The molecule has 0 aliphatic rings. The van der Waals surface area contributed by atoms with Gasteiger partial charge in [0.25, 0.3) is 0 Å². The summed E-state index contributed by atoms with van der Waals surface area (Å²) in [6, 6.07) is 7.08. The van der Waals surface area contributed by atoms with Crippen molar-refractivity contribution in [2.75, 3.05) is 13.7 Å². The van der Waals surface area contributed by atoms with Gasteiger partial charge in [0.2, 0.25) is 0 Å². The summed E-state index contributed by atoms with van der Waals surface area (Å²) >= 11 is 0. The number of methoxy groups -OCH3 is 1. The van der Waals surface area contributed by atoms with Crippen LogP contribution in [0.1, 0.15) is 16.8 Å². The van der Waals surface area contributed by atoms with Crippen LogP contribution in [-0.4, -0.2) is 19.4 Å². The van der Waals surface area contributed by atoms with Gasteiger partial charge in [0.05, 0.1) is 7.11 Å². The lowest BCUT2D eigenvalue weighted by molar-refractivity contribution is 0.0985. The number of benzene rings is 1. The first kappa shape index (κ1) is 9.74. The van der Waals surface area contributed by atoms with Gasteiger partial charge in [0, 0.05) is 12.0 Å². The van der Waals surface area contributed by atoms with E-state index in [2.05, 4.69) is 0 Å². The fourth-order valence-corrected chi connectivity index (χ4v) is 1.07. The Kier molecular flexibility index (Phi) is 3.46. The van der Waals surface area contributed by atoms with Crippen molar-refractivity contribution in [2.45, 2.75) is 6.42 Å². The van der Waals surface area contributed by atoms with Crippen molar-refractivity contribution in [1.82, 2.24) is 0 Å². The molecule has 1 rings (SSSR count). The first-order valence-electron chi connectivity index (χ1n) is 4.15. The standard InChI is InChI=1S/C10H13NO2/c1-13-9-4-2-3-8(7-9)10(12)5-6-11/h2-4,7H,5-6,11H2,1H3. The summed E-state index contributed by atoms with van der Waals surface area (Å²) in [5, 5.41) is 0. The summed E-state index contributed by atoms with van der Waals surface area (Å²) < 4.78 is 5.00. The van der Waals surface area contributed by atoms with Gasteiger partial charge in [-0.25, -0.2) is 0 Å². The van der Waals surface area contributed by atoms with Gasteiger partial charge in [0.15, 0.2) is 5.78 Å². The van der Waals surface area contributed by atoms with Crippen LogP contribution in [0.15, 0.2) is 24.3 Å². The lowest BCUT2D eigenvalue weighted by atomic mass is 10.1. The zero-order valence-corrected chi connectivity index (χ0v) is 7.62. The highest BCUT2D eigenvalue weighted by Gasteiger charge is 2.04. The predicted molar refractivity (Wildman–Crippen MR) is 51.0 cm³/mol. The third kappa shape index (κ3) is 2.56. The molecule has 1 aromatic carbocycles. The molecule has 3 nitrogen and oxygen atoms in total. The van der Waals surface area contributed by atoms with Crippen LogP contribution in [-0.2, 0) is 0 Å². The summed E-state index contributed by atoms with van der Waals surface area (Å²) in [5.41, 5.74) is 5.94. The molecule has 0 spiro atoms. The number of rotatable bonds is 4. The normalized spacial score (nSPS) is 9.69. The molecule has 1 aromatic rings. The van der Waals surface area contributed by atoms with Crippen molar-refractivity contribution < 1.29 is 9.53 Å². The van der Waals surface area contributed by atoms with Gasteiger partial charge in [-0.1, -0.05) is 12.1 Å². The molecular weight excluding hydrogens is 166 g/mol. The quantitative estimate of drug-likeness (QED) is 0.707. The Hall–Kier alpha value is -1.35. The fourth-order valence-electron chi connectivity index (χ4n) is 1.07. The highest BCUT2D eigenvalue weighted by Crippen LogP contribution is 2.13. The predicted octanol–water partition coefficient (Wildman–Crippen LogP) is 1.23. The van der Waals surface area contributed by atoms with Crippen LogP contribution < -0.4 is 10.5 Å². The Morgan fingerprint density at radius 2 is 2.31 bits per heavy atom. The van der Waals surface area contributed by atoms with E-state index in [0.717, 1.165) is 0 Å². The third-order valence-electron chi connectivity index (χ3n) is 1.76. The van der Waals surface area contributed by atoms with Crippen LogP contribution >= 0.6 is 0 Å². The second kappa shape index (κ2) is 4.62. The summed E-state index contributed by atoms with van der Waals surface area (Å²) in [4.78, 5) is 11.4. The van der Waals surface area contributed by atoms with E-state index in [-0.39, 0.29) is 5.78 Å². The van der Waals surface area contributed by atoms with Crippen molar-refractivity contribution in [1.29, 1.82) is 0 Å². The van der Waals surface area contributed by atoms with Crippen LogP contribution in [0.2, 0.25) is 0 Å². The van der Waals surface area contributed by atoms with Crippen molar-refractivity contribution >= 4 is 5.78 Å². The van der Waals surface area contributed by atoms with Crippen molar-refractivity contribution in [3.05, 3.63) is 29.8 Å². The Morgan fingerprint density at radius 3 is 2.92 bits per heavy atom. The Labute approximate surface area is 77.5 Å². The number of Topliss-reactive ketones (excluding diaryl/α,β-unsaturated/α-hetero) is 1. The van der Waals surface area contributed by atoms with Gasteiger partial charge < -0.3 is 10.5 Å². The largest absolute Gasteiger partial charge is 0.497 e. The zero-order chi connectivity index (χ0) is 9.68. The molecule has 0 aliphatic heterocycles. The monoisotopic (exact) mass is 179 g/mol. The molecule has 2 N–H and O–H groups in total. The molecule has 0 aromatic heterocycles. The Balaban J connectivity index is 2.82. The molecule has 0 atom stereocenters. The SMILES string of the molecule is COc1cccc(C(=O)CCN)c1. The highest BCUT2D eigenvalue weighted by atomic mass is 16.5. The van der Waals surface area contributed by atoms with E-state index in [1.165, 1.54) is 0 Å². The van der Waals surface area contributed by atoms with Crippen molar-refractivity contribution in [2.24, 2.45) is 5.73 Å². The fraction of sp³-hybridized carbons (Fsp3) is 0.300. The van der Waals surface area contributed by atoms with Gasteiger partial charge in [-0.15, -0.1) is 0 Å². The van der Waals surface area contributed by atoms with Crippen LogP contribution in [0.25, 0.3) is 0 Å². The molecule has 0 fully saturated rings. The molecule has 13 heavy (non-hydrogen) atoms. The highest BCUT2D eigenvalue weighted by molar-refractivity contribution is 5.96. The average Bonchev–Trinajstić information content (AvgIpc) is 2.18. The number of ketones is 1. The van der Waals surface area contributed by atoms with Crippen LogP contribution in [0, 0.1) is 0 Å². The first-order valence-corrected chi connectivity index (χ1v) is 4.15. The van der Waals surface area contributed by atoms with Gasteiger partial charge in [-0.05, 0) is 18.7 Å². The maximum Gasteiger partial charge on any atom is 0.164 e. The summed E-state index contributed by atoms with van der Waals surface area (Å²) in [6.45, 7) is 0.385. The number of carbonyl (C=O) groups is 1. The smallest absolute Gasteiger partial charge is 0.164 e. The molecule has 0 amide bonds. The molecule has 3 heteroatoms. The second-order valence-electron chi connectivity index (χ2n) is 2.69. The van der Waals surface area contributed by atoms with E-state index in [9.17, 15) is 4.79 Å². The van der Waals surface area contributed by atoms with Gasteiger partial charge in [-0.2, -0.15) is 0 Å². The Bertz CT molecular complexity index is 297. The van der Waals surface area contributed by atoms with Gasteiger partial charge in [0.1, 0.15) is 5.75 Å². The van der Waals surface area contributed by atoms with E-state index in [1.54, 1.807) is 31.4 Å². The lowest BCUT2D eigenvalue weighted by Crippen LogP contribution is -2.07. The van der Waals surface area contributed by atoms with Crippen LogP contribution in [0.4, 0.5) is 0 Å². The summed E-state index contributed by atoms with van der Waals surface area (Å²) in [5.74, 6) is 0.754. The molecule has 70 valence electrons. The molecule has 0 saturated carbocycles. The lowest BCUT2D eigenvalue weighted by Gasteiger charge is -2.02. The molecule has 0 heterocycles. The number of hydrogen-bond donors (Lipinski definition) is 1. The molecule has 0 aliphatic carbocycles. The van der Waals surface area contributed by atoms with E-state index >= 15 is 0 Å². The molecule has 0 radical (unpaired) electrons. The summed E-state index contributed by atoms with van der Waals surface area (Å²) in [7, 11) is 1.58. The third-order valence-corrected chi connectivity index (χ3v) is 1.76. The minimum Gasteiger partial charge on any atom is -0.497 e. The zero-order valence-electron chi connectivity index (χ0n) is 7.62. The number of carbonyl (C=O) groups excluding carboxylic acids is 1.